The maximum atomic E-state index is 9.90. The third kappa shape index (κ3) is 3.11. The monoisotopic (exact) mass is 276 g/mol. The number of aromatic nitrogens is 2. The Balaban J connectivity index is 2.27. The van der Waals surface area contributed by atoms with Crippen LogP contribution in [0.25, 0.3) is 0 Å². The zero-order valence-electron chi connectivity index (χ0n) is 12.0. The van der Waals surface area contributed by atoms with E-state index in [1.165, 1.54) is 0 Å². The molecule has 1 N–H and O–H groups in total. The maximum absolute atomic E-state index is 9.90. The number of aliphatic hydroxyl groups excluding tert-OH is 1. The third-order valence-electron chi connectivity index (χ3n) is 2.95. The summed E-state index contributed by atoms with van der Waals surface area (Å²) < 4.78 is 12.9. The molecule has 1 aromatic heterocycles. The van der Waals surface area contributed by atoms with Crippen molar-refractivity contribution >= 4 is 0 Å². The largest absolute Gasteiger partial charge is 0.496 e. The van der Waals surface area contributed by atoms with E-state index in [1.807, 2.05) is 23.0 Å². The maximum Gasteiger partial charge on any atom is 0.165 e. The lowest BCUT2D eigenvalue weighted by atomic mass is 10.1. The number of aliphatic hydroxyl groups is 1. The molecule has 20 heavy (non-hydrogen) atoms. The predicted molar refractivity (Wildman–Crippen MR) is 76.2 cm³/mol. The van der Waals surface area contributed by atoms with Gasteiger partial charge in [0.15, 0.2) is 5.75 Å². The van der Waals surface area contributed by atoms with Gasteiger partial charge in [-0.3, -0.25) is 4.68 Å². The summed E-state index contributed by atoms with van der Waals surface area (Å²) in [6.45, 7) is 4.63. The molecule has 0 aliphatic rings. The summed E-state index contributed by atoms with van der Waals surface area (Å²) in [6.07, 6.45) is 3.85. The normalized spacial score (nSPS) is 12.2. The number of hydrogen-bond donors (Lipinski definition) is 1. The molecule has 2 aromatic rings. The van der Waals surface area contributed by atoms with Crippen molar-refractivity contribution in [1.29, 1.82) is 0 Å². The fourth-order valence-electron chi connectivity index (χ4n) is 2.08. The van der Waals surface area contributed by atoms with Crippen molar-refractivity contribution in [3.8, 4) is 17.2 Å². The lowest BCUT2D eigenvalue weighted by Gasteiger charge is -2.15. The highest BCUT2D eigenvalue weighted by Crippen LogP contribution is 2.36. The van der Waals surface area contributed by atoms with Crippen molar-refractivity contribution < 1.29 is 14.6 Å². The minimum absolute atomic E-state index is 0.579. The summed E-state index contributed by atoms with van der Waals surface area (Å²) in [5.41, 5.74) is 0.637. The summed E-state index contributed by atoms with van der Waals surface area (Å²) in [6, 6.07) is 5.44. The topological polar surface area (TPSA) is 56.5 Å². The average Bonchev–Trinajstić information content (AvgIpc) is 2.86. The second kappa shape index (κ2) is 6.43. The molecule has 0 radical (unpaired) electrons. The van der Waals surface area contributed by atoms with E-state index in [2.05, 4.69) is 12.0 Å². The first-order valence-corrected chi connectivity index (χ1v) is 6.71. The first-order chi connectivity index (χ1) is 9.65. The first-order valence-electron chi connectivity index (χ1n) is 6.71. The van der Waals surface area contributed by atoms with E-state index in [0.29, 0.717) is 22.8 Å². The molecule has 1 heterocycles. The van der Waals surface area contributed by atoms with E-state index in [0.717, 1.165) is 13.0 Å². The third-order valence-corrected chi connectivity index (χ3v) is 2.95. The summed E-state index contributed by atoms with van der Waals surface area (Å²) in [7, 11) is 1.57. The second-order valence-corrected chi connectivity index (χ2v) is 4.59. The lowest BCUT2D eigenvalue weighted by molar-refractivity contribution is 0.190. The number of benzene rings is 1. The van der Waals surface area contributed by atoms with Gasteiger partial charge in [0.1, 0.15) is 11.5 Å². The van der Waals surface area contributed by atoms with Crippen molar-refractivity contribution in [3.63, 3.8) is 0 Å². The minimum Gasteiger partial charge on any atom is -0.496 e. The number of aryl methyl sites for hydroxylation is 1. The molecule has 0 amide bonds. The summed E-state index contributed by atoms with van der Waals surface area (Å²) >= 11 is 0. The van der Waals surface area contributed by atoms with Gasteiger partial charge in [-0.05, 0) is 25.5 Å². The minimum atomic E-state index is -0.674. The fraction of sp³-hybridized carbons (Fsp3) is 0.400. The molecule has 0 bridgehead atoms. The van der Waals surface area contributed by atoms with Crippen LogP contribution in [-0.2, 0) is 6.54 Å². The van der Waals surface area contributed by atoms with Crippen molar-refractivity contribution in [1.82, 2.24) is 9.78 Å². The Morgan fingerprint density at radius 3 is 2.75 bits per heavy atom. The molecule has 0 saturated carbocycles. The van der Waals surface area contributed by atoms with Crippen LogP contribution in [0.4, 0.5) is 0 Å². The van der Waals surface area contributed by atoms with Crippen molar-refractivity contribution in [2.24, 2.45) is 0 Å². The van der Waals surface area contributed by atoms with Gasteiger partial charge in [0.25, 0.3) is 0 Å². The number of rotatable bonds is 6. The summed E-state index contributed by atoms with van der Waals surface area (Å²) in [5.74, 6) is 1.84. The zero-order valence-corrected chi connectivity index (χ0v) is 12.0. The van der Waals surface area contributed by atoms with Crippen LogP contribution in [0.15, 0.2) is 30.6 Å². The Morgan fingerprint density at radius 2 is 2.10 bits per heavy atom. The molecule has 0 saturated heterocycles. The van der Waals surface area contributed by atoms with Crippen LogP contribution in [0, 0.1) is 0 Å². The quantitative estimate of drug-likeness (QED) is 0.880. The van der Waals surface area contributed by atoms with Gasteiger partial charge in [-0.25, -0.2) is 0 Å². The Labute approximate surface area is 118 Å². The lowest BCUT2D eigenvalue weighted by Crippen LogP contribution is -2.00. The van der Waals surface area contributed by atoms with Gasteiger partial charge >= 0.3 is 0 Å². The molecular weight excluding hydrogens is 256 g/mol. The molecule has 2 rings (SSSR count). The Bertz CT molecular complexity index is 564. The molecule has 0 aliphatic heterocycles. The molecule has 1 atom stereocenters. The van der Waals surface area contributed by atoms with E-state index >= 15 is 0 Å². The highest BCUT2D eigenvalue weighted by molar-refractivity contribution is 5.47. The first kappa shape index (κ1) is 14.4. The number of ether oxygens (including phenoxy) is 2. The average molecular weight is 276 g/mol. The summed E-state index contributed by atoms with van der Waals surface area (Å²) in [5, 5.41) is 14.1. The van der Waals surface area contributed by atoms with E-state index in [1.54, 1.807) is 26.3 Å². The molecule has 0 spiro atoms. The second-order valence-electron chi connectivity index (χ2n) is 4.59. The standard InChI is InChI=1S/C15H20N2O3/c1-4-8-17-10-12(9-16-17)20-14-7-5-6-13(19-3)15(14)11(2)18/h5-7,9-11,18H,4,8H2,1-3H3/t11-/m1/s1. The molecule has 1 aromatic carbocycles. The van der Waals surface area contributed by atoms with Gasteiger partial charge in [0.2, 0.25) is 0 Å². The molecule has 5 heteroatoms. The van der Waals surface area contributed by atoms with Crippen LogP contribution in [0.5, 0.6) is 17.2 Å². The molecular formula is C15H20N2O3. The van der Waals surface area contributed by atoms with Crippen molar-refractivity contribution in [3.05, 3.63) is 36.2 Å². The molecule has 0 aliphatic carbocycles. The SMILES string of the molecule is CCCn1cc(Oc2cccc(OC)c2[C@@H](C)O)cn1. The number of hydrogen-bond acceptors (Lipinski definition) is 4. The van der Waals surface area contributed by atoms with E-state index < -0.39 is 6.10 Å². The number of methoxy groups -OCH3 is 1. The highest BCUT2D eigenvalue weighted by atomic mass is 16.5. The molecule has 0 unspecified atom stereocenters. The molecule has 108 valence electrons. The zero-order chi connectivity index (χ0) is 14.5. The predicted octanol–water partition coefficient (Wildman–Crippen LogP) is 3.15. The van der Waals surface area contributed by atoms with E-state index in [9.17, 15) is 5.11 Å². The van der Waals surface area contributed by atoms with Gasteiger partial charge < -0.3 is 14.6 Å². The van der Waals surface area contributed by atoms with Crippen LogP contribution in [0.2, 0.25) is 0 Å². The van der Waals surface area contributed by atoms with Crippen LogP contribution < -0.4 is 9.47 Å². The van der Waals surface area contributed by atoms with Crippen LogP contribution in [0.3, 0.4) is 0 Å². The Kier molecular flexibility index (Phi) is 4.63. The van der Waals surface area contributed by atoms with Gasteiger partial charge in [0.05, 0.1) is 31.2 Å². The van der Waals surface area contributed by atoms with Crippen LogP contribution in [-0.4, -0.2) is 22.0 Å². The van der Waals surface area contributed by atoms with Crippen LogP contribution >= 0.6 is 0 Å². The van der Waals surface area contributed by atoms with Gasteiger partial charge in [0, 0.05) is 6.54 Å². The van der Waals surface area contributed by atoms with Crippen LogP contribution in [0.1, 0.15) is 31.9 Å². The van der Waals surface area contributed by atoms with Gasteiger partial charge in [-0.1, -0.05) is 13.0 Å². The van der Waals surface area contributed by atoms with Gasteiger partial charge in [-0.2, -0.15) is 5.10 Å². The van der Waals surface area contributed by atoms with Gasteiger partial charge in [-0.15, -0.1) is 0 Å². The Hall–Kier alpha value is -2.01. The molecule has 0 fully saturated rings. The number of nitrogens with zero attached hydrogens (tertiary/aromatic N) is 2. The smallest absolute Gasteiger partial charge is 0.165 e. The Morgan fingerprint density at radius 1 is 1.35 bits per heavy atom. The van der Waals surface area contributed by atoms with E-state index in [4.69, 9.17) is 9.47 Å². The van der Waals surface area contributed by atoms with Crippen molar-refractivity contribution in [2.45, 2.75) is 32.9 Å². The van der Waals surface area contributed by atoms with E-state index in [-0.39, 0.29) is 0 Å². The van der Waals surface area contributed by atoms with Crippen molar-refractivity contribution in [2.75, 3.05) is 7.11 Å². The molecule has 5 nitrogen and oxygen atoms in total. The highest BCUT2D eigenvalue weighted by Gasteiger charge is 2.16. The fourth-order valence-corrected chi connectivity index (χ4v) is 2.08. The summed E-state index contributed by atoms with van der Waals surface area (Å²) in [4.78, 5) is 0.